The molecule has 82 heavy (non-hydrogen) atoms. The Morgan fingerprint density at radius 3 is 1.35 bits per heavy atom. The van der Waals surface area contributed by atoms with Crippen LogP contribution in [0.5, 0.6) is 0 Å². The molecule has 0 bridgehead atoms. The second-order valence-corrected chi connectivity index (χ2v) is 20.6. The minimum Gasteiger partial charge on any atom is -0.394 e. The van der Waals surface area contributed by atoms with Gasteiger partial charge in [0.2, 0.25) is 11.8 Å². The number of hydrogen-bond donors (Lipinski definition) is 21. The van der Waals surface area contributed by atoms with Crippen molar-refractivity contribution in [2.24, 2.45) is 0 Å². The molecule has 36 heteroatoms. The predicted octanol–water partition coefficient (Wildman–Crippen LogP) is -14.1. The largest absolute Gasteiger partial charge is 0.394 e. The van der Waals surface area contributed by atoms with Crippen molar-refractivity contribution >= 4 is 18.1 Å². The quantitative estimate of drug-likeness (QED) is 0.0423. The molecule has 2 amide bonds. The molecule has 0 aromatic rings. The van der Waals surface area contributed by atoms with Crippen LogP contribution in [0.4, 0.5) is 0 Å². The first-order valence-corrected chi connectivity index (χ1v) is 26.1. The third-order valence-electron chi connectivity index (χ3n) is 14.8. The summed E-state index contributed by atoms with van der Waals surface area (Å²) in [4.78, 5) is 37.3. The standard InChI is InChI=1S/C46H78N2O34/c1-11-23(59)30(66)32(68)43(71-11)78-36-20(10-54)76-42(80-38-27(63)18(8-52)74-45(34(38)70)77-35(16(58)6-50)25(61)15(57)5-49)22(48-14(4)56)37(36)79-46-40(82-44-33(69)31(67)24(60)12(2)72-44)39(28(64)19(9-53)75-46)81-41-21(47-13(3)55)29(65)26(62)17(7-51)73-41/h5,11-12,15-46,50-54,57-70H,6-10H2,1-4H3,(H,47,55)(H,48,56)/t11-,12-,15-,16+,17+,18+,19+,20+,21+,22+,23+,24+,25+,26-,27-,28-,29+,30+,31+,32-,33-,34+,35+,36+,37+,38-,39-,40+,41+,42-,43-,44-,45-,46-/m0/s1. The Labute approximate surface area is 465 Å². The van der Waals surface area contributed by atoms with E-state index in [1.54, 1.807) is 0 Å². The molecule has 0 saturated carbocycles. The highest BCUT2D eigenvalue weighted by atomic mass is 16.8. The summed E-state index contributed by atoms with van der Waals surface area (Å²) in [6, 6.07) is -3.79. The molecular formula is C46H78N2O34. The Bertz CT molecular complexity index is 2010. The summed E-state index contributed by atoms with van der Waals surface area (Å²) in [5, 5.41) is 211. The van der Waals surface area contributed by atoms with Crippen molar-refractivity contribution in [3.8, 4) is 0 Å². The van der Waals surface area contributed by atoms with Crippen molar-refractivity contribution in [2.45, 2.75) is 236 Å². The molecule has 0 unspecified atom stereocenters. The lowest BCUT2D eigenvalue weighted by Crippen LogP contribution is -2.72. The van der Waals surface area contributed by atoms with E-state index in [4.69, 9.17) is 56.8 Å². The summed E-state index contributed by atoms with van der Waals surface area (Å²) >= 11 is 0. The van der Waals surface area contributed by atoms with Crippen LogP contribution in [-0.4, -0.2) is 357 Å². The zero-order valence-corrected chi connectivity index (χ0v) is 44.4. The number of rotatable bonds is 23. The number of hydrogen-bond acceptors (Lipinski definition) is 34. The highest BCUT2D eigenvalue weighted by Gasteiger charge is 2.60. The zero-order valence-electron chi connectivity index (χ0n) is 44.4. The lowest BCUT2D eigenvalue weighted by atomic mass is 9.93. The van der Waals surface area contributed by atoms with E-state index in [1.807, 2.05) is 0 Å². The Kier molecular flexibility index (Phi) is 24.9. The van der Waals surface area contributed by atoms with E-state index < -0.39 is 253 Å². The van der Waals surface area contributed by atoms with Gasteiger partial charge in [0.25, 0.3) is 0 Å². The normalized spacial score (nSPS) is 47.2. The topological polar surface area (TPSA) is 570 Å². The van der Waals surface area contributed by atoms with Gasteiger partial charge in [0.1, 0.15) is 159 Å². The fourth-order valence-electron chi connectivity index (χ4n) is 10.2. The number of aldehydes is 1. The number of ether oxygens (including phenoxy) is 12. The first-order valence-electron chi connectivity index (χ1n) is 26.1. The smallest absolute Gasteiger partial charge is 0.217 e. The average Bonchev–Trinajstić information content (AvgIpc) is 2.38. The molecule has 36 nitrogen and oxygen atoms in total. The lowest BCUT2D eigenvalue weighted by Gasteiger charge is -2.53. The predicted molar refractivity (Wildman–Crippen MR) is 253 cm³/mol. The van der Waals surface area contributed by atoms with Gasteiger partial charge in [-0.2, -0.15) is 0 Å². The van der Waals surface area contributed by atoms with Gasteiger partial charge in [-0.3, -0.25) is 9.59 Å². The van der Waals surface area contributed by atoms with Crippen LogP contribution in [0.2, 0.25) is 0 Å². The third-order valence-corrected chi connectivity index (χ3v) is 14.8. The molecule has 6 aliphatic heterocycles. The lowest BCUT2D eigenvalue weighted by molar-refractivity contribution is -0.408. The number of aliphatic hydroxyl groups excluding tert-OH is 19. The fraction of sp³-hybridized carbons (Fsp3) is 0.935. The van der Waals surface area contributed by atoms with Crippen LogP contribution in [0.25, 0.3) is 0 Å². The molecule has 34 atom stereocenters. The van der Waals surface area contributed by atoms with Crippen LogP contribution >= 0.6 is 0 Å². The van der Waals surface area contributed by atoms with Gasteiger partial charge >= 0.3 is 0 Å². The van der Waals surface area contributed by atoms with Gasteiger partial charge in [0.05, 0.1) is 45.2 Å². The summed E-state index contributed by atoms with van der Waals surface area (Å²) in [6.45, 7) is -1.18. The van der Waals surface area contributed by atoms with Crippen LogP contribution in [0, 0.1) is 0 Å². The Balaban J connectivity index is 1.49. The molecule has 6 aliphatic rings. The Morgan fingerprint density at radius 2 is 0.854 bits per heavy atom. The second-order valence-electron chi connectivity index (χ2n) is 20.6. The van der Waals surface area contributed by atoms with Gasteiger partial charge in [0, 0.05) is 13.8 Å². The van der Waals surface area contributed by atoms with Crippen LogP contribution < -0.4 is 10.6 Å². The van der Waals surface area contributed by atoms with E-state index in [2.05, 4.69) is 10.6 Å². The van der Waals surface area contributed by atoms with Crippen molar-refractivity contribution in [1.82, 2.24) is 10.6 Å². The highest BCUT2D eigenvalue weighted by molar-refractivity contribution is 5.73. The fourth-order valence-corrected chi connectivity index (χ4v) is 10.2. The Hall–Kier alpha value is -2.63. The molecule has 0 spiro atoms. The first-order chi connectivity index (χ1) is 38.7. The number of amides is 2. The second kappa shape index (κ2) is 29.8. The molecule has 6 heterocycles. The summed E-state index contributed by atoms with van der Waals surface area (Å²) in [7, 11) is 0. The van der Waals surface area contributed by atoms with E-state index in [9.17, 15) is 111 Å². The van der Waals surface area contributed by atoms with Crippen LogP contribution in [0.15, 0.2) is 0 Å². The van der Waals surface area contributed by atoms with Gasteiger partial charge in [-0.1, -0.05) is 0 Å². The van der Waals surface area contributed by atoms with Crippen molar-refractivity contribution in [3.05, 3.63) is 0 Å². The molecule has 0 aliphatic carbocycles. The maximum Gasteiger partial charge on any atom is 0.217 e. The third kappa shape index (κ3) is 15.0. The minimum atomic E-state index is -2.37. The molecule has 0 radical (unpaired) electrons. The first kappa shape index (κ1) is 68.5. The van der Waals surface area contributed by atoms with E-state index in [0.717, 1.165) is 13.8 Å². The van der Waals surface area contributed by atoms with Gasteiger partial charge in [0.15, 0.2) is 44.0 Å². The van der Waals surface area contributed by atoms with Gasteiger partial charge in [-0.15, -0.1) is 0 Å². The van der Waals surface area contributed by atoms with Crippen molar-refractivity contribution < 1.29 is 168 Å². The zero-order chi connectivity index (χ0) is 60.9. The van der Waals surface area contributed by atoms with Crippen LogP contribution in [-0.2, 0) is 71.2 Å². The number of aliphatic hydroxyl groups is 19. The van der Waals surface area contributed by atoms with E-state index in [0.29, 0.717) is 0 Å². The number of carbonyl (C=O) groups is 3. The monoisotopic (exact) mass is 1200 g/mol. The summed E-state index contributed by atoms with van der Waals surface area (Å²) in [5.41, 5.74) is 0. The molecule has 0 aromatic heterocycles. The van der Waals surface area contributed by atoms with E-state index >= 15 is 0 Å². The van der Waals surface area contributed by atoms with E-state index in [1.165, 1.54) is 13.8 Å². The molecule has 6 fully saturated rings. The summed E-state index contributed by atoms with van der Waals surface area (Å²) < 4.78 is 71.8. The van der Waals surface area contributed by atoms with Gasteiger partial charge in [-0.25, -0.2) is 0 Å². The highest BCUT2D eigenvalue weighted by Crippen LogP contribution is 2.39. The average molecular weight is 1200 g/mol. The molecular weight excluding hydrogens is 1120 g/mol. The van der Waals surface area contributed by atoms with Crippen LogP contribution in [0.3, 0.4) is 0 Å². The van der Waals surface area contributed by atoms with Crippen molar-refractivity contribution in [2.75, 3.05) is 33.0 Å². The molecule has 6 rings (SSSR count). The van der Waals surface area contributed by atoms with Crippen LogP contribution in [0.1, 0.15) is 27.7 Å². The van der Waals surface area contributed by atoms with Gasteiger partial charge in [-0.05, 0) is 13.8 Å². The van der Waals surface area contributed by atoms with Gasteiger partial charge < -0.3 is 169 Å². The molecule has 0 aromatic carbocycles. The number of carbonyl (C=O) groups excluding carboxylic acids is 3. The molecule has 6 saturated heterocycles. The maximum atomic E-state index is 13.4. The number of nitrogens with one attached hydrogen (secondary N) is 2. The van der Waals surface area contributed by atoms with Crippen molar-refractivity contribution in [3.63, 3.8) is 0 Å². The minimum absolute atomic E-state index is 0.160. The summed E-state index contributed by atoms with van der Waals surface area (Å²) in [6.07, 6.45) is -65.1. The molecule has 21 N–H and O–H groups in total. The van der Waals surface area contributed by atoms with E-state index in [-0.39, 0.29) is 6.29 Å². The Morgan fingerprint density at radius 1 is 0.439 bits per heavy atom. The van der Waals surface area contributed by atoms with Crippen molar-refractivity contribution in [1.29, 1.82) is 0 Å². The SMILES string of the molecule is CC(=O)N[C@H]1[C@@H](O[C@H]2[C@@H](O)[C@@H](CO)O[C@@H](O[C@@H]3[C@@H](NC(C)=O)[C@H](O[C@H]4[C@@H](O)[C@@H](CO)O[C@@H](O[C@@H]([C@H](O)[C@@H](O)C=O)[C@H](O)CO)[C@@H]4O)O[C@H](CO)[C@H]3O[C@@H]3O[C@@H](C)[C@@H](O)[C@@H](O)[C@@H]3O)[C@@H]2O[C@@H]2O[C@@H](C)[C@@H](O)[C@@H](O)[C@@H]2O)O[C@H](CO)[C@H](O)[C@@H]1O. The molecule has 476 valence electrons. The summed E-state index contributed by atoms with van der Waals surface area (Å²) in [5.74, 6) is -1.84. The maximum absolute atomic E-state index is 13.4.